The second-order valence-corrected chi connectivity index (χ2v) is 8.44. The molecule has 3 aromatic heterocycles. The summed E-state index contributed by atoms with van der Waals surface area (Å²) in [5.41, 5.74) is 2.16. The summed E-state index contributed by atoms with van der Waals surface area (Å²) in [6.07, 6.45) is 3.12. The first-order valence-electron chi connectivity index (χ1n) is 10.1. The van der Waals surface area contributed by atoms with Crippen molar-refractivity contribution in [3.8, 4) is 23.0 Å². The summed E-state index contributed by atoms with van der Waals surface area (Å²) in [7, 11) is 0. The minimum absolute atomic E-state index is 0.0166. The Labute approximate surface area is 178 Å². The van der Waals surface area contributed by atoms with E-state index in [4.69, 9.17) is 0 Å². The average Bonchev–Trinajstić information content (AvgIpc) is 3.42. The second-order valence-electron chi connectivity index (χ2n) is 8.44. The number of fused-ring (bicyclic) bond motifs is 1. The molecule has 0 aromatic carbocycles. The smallest absolute Gasteiger partial charge is 0.378 e. The Balaban J connectivity index is 1.67. The summed E-state index contributed by atoms with van der Waals surface area (Å²) in [6.45, 7) is 4.42. The Morgan fingerprint density at radius 3 is 2.77 bits per heavy atom. The summed E-state index contributed by atoms with van der Waals surface area (Å²) in [5, 5.41) is 17.7. The average molecular weight is 431 g/mol. The van der Waals surface area contributed by atoms with E-state index in [1.807, 2.05) is 17.2 Å². The van der Waals surface area contributed by atoms with Gasteiger partial charge in [0, 0.05) is 54.6 Å². The zero-order valence-corrected chi connectivity index (χ0v) is 17.4. The van der Waals surface area contributed by atoms with Gasteiger partial charge in [0.2, 0.25) is 0 Å². The first-order valence-corrected chi connectivity index (χ1v) is 10.1. The zero-order valence-electron chi connectivity index (χ0n) is 17.4. The van der Waals surface area contributed by atoms with Crippen molar-refractivity contribution >= 4 is 10.9 Å². The molecule has 9 heteroatoms. The number of alkyl halides is 3. The normalized spacial score (nSPS) is 17.8. The van der Waals surface area contributed by atoms with E-state index in [1.165, 1.54) is 0 Å². The van der Waals surface area contributed by atoms with Crippen molar-refractivity contribution in [2.24, 2.45) is 0 Å². The third-order valence-corrected chi connectivity index (χ3v) is 5.38. The maximum Gasteiger partial charge on any atom is 0.390 e. The minimum atomic E-state index is -4.14. The van der Waals surface area contributed by atoms with E-state index >= 15 is 0 Å². The summed E-state index contributed by atoms with van der Waals surface area (Å²) >= 11 is 0. The third-order valence-electron chi connectivity index (χ3n) is 5.38. The lowest BCUT2D eigenvalue weighted by Crippen LogP contribution is -2.26. The number of rotatable bonds is 4. The largest absolute Gasteiger partial charge is 0.390 e. The van der Waals surface area contributed by atoms with Gasteiger partial charge in [-0.1, -0.05) is 5.92 Å². The van der Waals surface area contributed by atoms with Gasteiger partial charge in [0.05, 0.1) is 24.3 Å². The molecule has 0 amide bonds. The molecular formula is C22H24F3N5O. The van der Waals surface area contributed by atoms with Crippen molar-refractivity contribution in [1.82, 2.24) is 24.6 Å². The van der Waals surface area contributed by atoms with Gasteiger partial charge < -0.3 is 14.6 Å². The number of nitrogens with one attached hydrogen (secondary N) is 1. The van der Waals surface area contributed by atoms with Gasteiger partial charge >= 0.3 is 6.18 Å². The van der Waals surface area contributed by atoms with E-state index in [0.717, 1.165) is 28.5 Å². The molecule has 0 aliphatic carbocycles. The topological polar surface area (TPSA) is 70.0 Å². The fourth-order valence-electron chi connectivity index (χ4n) is 3.89. The number of H-pyrrole nitrogens is 1. The number of aliphatic hydroxyl groups is 1. The van der Waals surface area contributed by atoms with Crippen molar-refractivity contribution in [2.75, 3.05) is 19.6 Å². The SMILES string of the molecule is CC(C)(O)C#Cc1cc2c(-c3cn[nH]c3)cn([C@H]3CCN(CCC(F)(F)F)C3)c2cn1. The van der Waals surface area contributed by atoms with Crippen LogP contribution in [-0.2, 0) is 0 Å². The predicted octanol–water partition coefficient (Wildman–Crippen LogP) is 3.75. The summed E-state index contributed by atoms with van der Waals surface area (Å²) in [4.78, 5) is 6.29. The lowest BCUT2D eigenvalue weighted by molar-refractivity contribution is -0.137. The zero-order chi connectivity index (χ0) is 22.2. The quantitative estimate of drug-likeness (QED) is 0.618. The first kappa shape index (κ1) is 21.4. The molecule has 31 heavy (non-hydrogen) atoms. The number of halogens is 3. The molecule has 1 aliphatic rings. The highest BCUT2D eigenvalue weighted by Crippen LogP contribution is 2.35. The van der Waals surface area contributed by atoms with E-state index in [-0.39, 0.29) is 12.6 Å². The fourth-order valence-corrected chi connectivity index (χ4v) is 3.89. The molecule has 6 nitrogen and oxygen atoms in total. The molecule has 2 N–H and O–H groups in total. The molecule has 1 fully saturated rings. The molecule has 0 unspecified atom stereocenters. The van der Waals surface area contributed by atoms with E-state index in [0.29, 0.717) is 18.8 Å². The van der Waals surface area contributed by atoms with Crippen molar-refractivity contribution in [3.63, 3.8) is 0 Å². The molecule has 0 spiro atoms. The Morgan fingerprint density at radius 2 is 2.10 bits per heavy atom. The van der Waals surface area contributed by atoms with Crippen LogP contribution in [0.15, 0.2) is 30.9 Å². The van der Waals surface area contributed by atoms with Crippen molar-refractivity contribution in [2.45, 2.75) is 44.5 Å². The molecule has 164 valence electrons. The highest BCUT2D eigenvalue weighted by atomic mass is 19.4. The molecule has 0 saturated carbocycles. The van der Waals surface area contributed by atoms with E-state index in [1.54, 1.807) is 32.4 Å². The lowest BCUT2D eigenvalue weighted by atomic mass is 10.1. The second kappa shape index (κ2) is 8.02. The van der Waals surface area contributed by atoms with Crippen LogP contribution >= 0.6 is 0 Å². The molecule has 1 aliphatic heterocycles. The van der Waals surface area contributed by atoms with Crippen molar-refractivity contribution in [1.29, 1.82) is 0 Å². The van der Waals surface area contributed by atoms with Crippen LogP contribution in [0.4, 0.5) is 13.2 Å². The Kier molecular flexibility index (Phi) is 5.54. The van der Waals surface area contributed by atoms with Crippen molar-refractivity contribution < 1.29 is 18.3 Å². The summed E-state index contributed by atoms with van der Waals surface area (Å²) in [5.74, 6) is 5.68. The summed E-state index contributed by atoms with van der Waals surface area (Å²) in [6, 6.07) is 1.94. The number of hydrogen-bond donors (Lipinski definition) is 2. The monoisotopic (exact) mass is 431 g/mol. The number of aromatic amines is 1. The number of aromatic nitrogens is 4. The standard InChI is InChI=1S/C22H24F3N5O/c1-21(2,31)5-3-16-9-18-19(15-10-27-28-11-15)14-30(20(18)12-26-16)17-4-7-29(13-17)8-6-22(23,24)25/h9-12,14,17,31H,4,6-8,13H2,1-2H3,(H,27,28)/t17-/m0/s1. The highest BCUT2D eigenvalue weighted by Gasteiger charge is 2.31. The van der Waals surface area contributed by atoms with Gasteiger partial charge in [-0.3, -0.25) is 5.10 Å². The fraction of sp³-hybridized carbons (Fsp3) is 0.455. The van der Waals surface area contributed by atoms with E-state index in [9.17, 15) is 18.3 Å². The molecule has 4 rings (SSSR count). The predicted molar refractivity (Wildman–Crippen MR) is 111 cm³/mol. The van der Waals surface area contributed by atoms with Gasteiger partial charge in [0.15, 0.2) is 0 Å². The van der Waals surface area contributed by atoms with Crippen LogP contribution in [0, 0.1) is 11.8 Å². The molecule has 3 aromatic rings. The number of nitrogens with zero attached hydrogens (tertiary/aromatic N) is 4. The summed E-state index contributed by atoms with van der Waals surface area (Å²) < 4.78 is 39.9. The Hall–Kier alpha value is -2.83. The molecule has 4 heterocycles. The van der Waals surface area contributed by atoms with E-state index < -0.39 is 18.2 Å². The van der Waals surface area contributed by atoms with Crippen LogP contribution in [0.2, 0.25) is 0 Å². The highest BCUT2D eigenvalue weighted by molar-refractivity contribution is 5.96. The molecule has 0 bridgehead atoms. The van der Waals surface area contributed by atoms with Crippen LogP contribution in [-0.4, -0.2) is 61.2 Å². The first-order chi connectivity index (χ1) is 14.6. The number of pyridine rings is 1. The van der Waals surface area contributed by atoms with Crippen LogP contribution in [0.5, 0.6) is 0 Å². The van der Waals surface area contributed by atoms with Gasteiger partial charge in [-0.25, -0.2) is 4.98 Å². The lowest BCUT2D eigenvalue weighted by Gasteiger charge is -2.18. The maximum atomic E-state index is 12.6. The van der Waals surface area contributed by atoms with Crippen molar-refractivity contribution in [3.05, 3.63) is 36.5 Å². The van der Waals surface area contributed by atoms with Crippen LogP contribution in [0.1, 0.15) is 38.4 Å². The third kappa shape index (κ3) is 5.09. The van der Waals surface area contributed by atoms with Gasteiger partial charge in [-0.05, 0) is 32.3 Å². The Bertz CT molecular complexity index is 1120. The Morgan fingerprint density at radius 1 is 1.29 bits per heavy atom. The minimum Gasteiger partial charge on any atom is -0.378 e. The molecule has 1 saturated heterocycles. The molecule has 1 atom stereocenters. The van der Waals surface area contributed by atoms with Crippen LogP contribution in [0.25, 0.3) is 22.0 Å². The molecular weight excluding hydrogens is 407 g/mol. The van der Waals surface area contributed by atoms with Crippen LogP contribution in [0.3, 0.4) is 0 Å². The van der Waals surface area contributed by atoms with Crippen LogP contribution < -0.4 is 0 Å². The van der Waals surface area contributed by atoms with Gasteiger partial charge in [0.25, 0.3) is 0 Å². The van der Waals surface area contributed by atoms with Gasteiger partial charge in [-0.2, -0.15) is 18.3 Å². The van der Waals surface area contributed by atoms with Gasteiger partial charge in [0.1, 0.15) is 11.3 Å². The maximum absolute atomic E-state index is 12.6. The number of hydrogen-bond acceptors (Lipinski definition) is 4. The number of likely N-dealkylation sites (tertiary alicyclic amines) is 1. The van der Waals surface area contributed by atoms with Gasteiger partial charge in [-0.15, -0.1) is 0 Å². The molecule has 0 radical (unpaired) electrons. The van der Waals surface area contributed by atoms with E-state index in [2.05, 4.69) is 31.6 Å².